The van der Waals surface area contributed by atoms with Crippen molar-refractivity contribution in [2.24, 2.45) is 0 Å². The molecule has 24 nitrogen and oxygen atoms in total. The minimum atomic E-state index is -3.87. The number of anilines is 1. The van der Waals surface area contributed by atoms with Gasteiger partial charge in [-0.25, -0.2) is 83.4 Å². The maximum absolute atomic E-state index is 14.3. The van der Waals surface area contributed by atoms with E-state index >= 15 is 0 Å². The average molecular weight is 1740 g/mol. The summed E-state index contributed by atoms with van der Waals surface area (Å²) in [4.78, 5) is 84.9. The van der Waals surface area contributed by atoms with Crippen LogP contribution in [0.4, 0.5) is 40.8 Å². The first-order valence-electron chi connectivity index (χ1n) is 34.3. The number of halogens is 10. The van der Waals surface area contributed by atoms with E-state index in [-0.39, 0.29) is 119 Å². The van der Waals surface area contributed by atoms with Crippen LogP contribution in [0.15, 0.2) is 149 Å². The summed E-state index contributed by atoms with van der Waals surface area (Å²) in [6.07, 6.45) is 4.37. The Morgan fingerprint density at radius 3 is 1.33 bits per heavy atom. The Balaban J connectivity index is 0.000000146. The fraction of sp³-hybridized carbons (Fsp3) is 0.215. The molecule has 0 radical (unpaired) electrons. The third-order valence-electron chi connectivity index (χ3n) is 18.2. The number of benzene rings is 7. The molecule has 0 unspecified atom stereocenters. The zero-order chi connectivity index (χ0) is 83.8. The third-order valence-corrected chi connectivity index (χ3v) is 20.8. The summed E-state index contributed by atoms with van der Waals surface area (Å²) in [5.41, 5.74) is 9.67. The number of nitrogens with zero attached hydrogens (tertiary/aromatic N) is 10. The van der Waals surface area contributed by atoms with E-state index in [1.54, 1.807) is 55.9 Å². The number of alkyl halides is 1. The number of hydrogen-bond donors (Lipinski definition) is 4. The third kappa shape index (κ3) is 18.3. The van der Waals surface area contributed by atoms with Gasteiger partial charge >= 0.3 is 0 Å². The second-order valence-corrected chi connectivity index (χ2v) is 29.7. The fourth-order valence-corrected chi connectivity index (χ4v) is 14.7. The molecule has 4 aromatic heterocycles. The van der Waals surface area contributed by atoms with E-state index in [0.717, 1.165) is 79.3 Å². The molecule has 11 aromatic rings. The molecule has 602 valence electrons. The molecule has 7 aromatic carbocycles. The average Bonchev–Trinajstić information content (AvgIpc) is 1.59. The van der Waals surface area contributed by atoms with Crippen LogP contribution in [0.5, 0.6) is 23.0 Å². The molecule has 0 bridgehead atoms. The second kappa shape index (κ2) is 36.6. The van der Waals surface area contributed by atoms with Gasteiger partial charge in [-0.05, 0) is 109 Å². The summed E-state index contributed by atoms with van der Waals surface area (Å²) in [5, 5.41) is 15.3. The molecular formula is C79H67BrClF8N13O11S3. The van der Waals surface area contributed by atoms with Gasteiger partial charge in [0.15, 0.2) is 38.2 Å². The second-order valence-electron chi connectivity index (χ2n) is 25.8. The highest BCUT2D eigenvalue weighted by atomic mass is 79.9. The highest BCUT2D eigenvalue weighted by Gasteiger charge is 2.39. The molecule has 16 rings (SSSR count). The lowest BCUT2D eigenvalue weighted by molar-refractivity contribution is -0.0499. The van der Waals surface area contributed by atoms with Crippen molar-refractivity contribution in [2.75, 3.05) is 64.9 Å². The van der Waals surface area contributed by atoms with Crippen molar-refractivity contribution in [3.8, 4) is 68.5 Å². The maximum Gasteiger partial charge on any atom is 0.259 e. The van der Waals surface area contributed by atoms with Gasteiger partial charge in [-0.1, -0.05) is 70.9 Å². The lowest BCUT2D eigenvalue weighted by Crippen LogP contribution is -2.43. The molecule has 4 amide bonds. The smallest absolute Gasteiger partial charge is 0.259 e. The number of fused-ring (bicyclic) bond motifs is 4. The summed E-state index contributed by atoms with van der Waals surface area (Å²) >= 11 is 11.6. The first-order chi connectivity index (χ1) is 55.5. The van der Waals surface area contributed by atoms with Crippen molar-refractivity contribution in [3.63, 3.8) is 0 Å². The molecule has 116 heavy (non-hydrogen) atoms. The summed E-state index contributed by atoms with van der Waals surface area (Å²) < 4.78 is 157. The predicted molar refractivity (Wildman–Crippen MR) is 419 cm³/mol. The molecule has 5 aliphatic heterocycles. The van der Waals surface area contributed by atoms with Crippen molar-refractivity contribution < 1.29 is 86.8 Å². The molecule has 1 saturated heterocycles. The number of rotatable bonds is 15. The van der Waals surface area contributed by atoms with Gasteiger partial charge in [-0.15, -0.1) is 23.5 Å². The van der Waals surface area contributed by atoms with E-state index in [4.69, 9.17) is 36.3 Å². The van der Waals surface area contributed by atoms with Crippen molar-refractivity contribution in [2.45, 2.75) is 66.7 Å². The molecular weight excluding hydrogens is 1670 g/mol. The number of sulfone groups is 1. The molecule has 1 fully saturated rings. The number of carbonyl (C=O) groups is 4. The molecule has 37 heteroatoms. The quantitative estimate of drug-likeness (QED) is 0.0244. The van der Waals surface area contributed by atoms with Gasteiger partial charge < -0.3 is 50.2 Å². The number of phenolic OH excluding ortho intramolecular Hbond substituents is 1. The van der Waals surface area contributed by atoms with Gasteiger partial charge in [0.2, 0.25) is 0 Å². The number of thioether (sulfide) groups is 2. The highest BCUT2D eigenvalue weighted by molar-refractivity contribution is 9.08. The number of aromatic nitrogens is 8. The summed E-state index contributed by atoms with van der Waals surface area (Å²) in [6.45, 7) is 4.71. The lowest BCUT2D eigenvalue weighted by atomic mass is 9.81. The van der Waals surface area contributed by atoms with E-state index in [9.17, 15) is 67.8 Å². The molecule has 0 spiro atoms. The molecule has 5 N–H and O–H groups in total. The SMILES string of the molecule is CBr.CC1(c2ccc(N)cc2)COC1.COc1ccc(CN2Cc3nc(-c4c(F)cccc4F)nc(Cl)c3C2=O)c(O)c1.COc1ccc(CN2Cc3nc(-c4c(F)cccc4F)nc(SC)c3C2=O)c(OC)c1.CS(=O)(=O)c1nc(-c2c(F)cccc2F)nc2c1C(=O)NC2.CSc1nc(-c2c(F)cccc2F)nc2c1C(=O)NC2. The van der Waals surface area contributed by atoms with E-state index in [0.29, 0.717) is 55.4 Å². The van der Waals surface area contributed by atoms with Crippen LogP contribution in [-0.2, 0) is 59.3 Å². The summed E-state index contributed by atoms with van der Waals surface area (Å²) in [6, 6.07) is 31.9. The zero-order valence-electron chi connectivity index (χ0n) is 62.4. The zero-order valence-corrected chi connectivity index (χ0v) is 67.2. The number of amides is 4. The van der Waals surface area contributed by atoms with Gasteiger partial charge in [0.1, 0.15) is 95.9 Å². The van der Waals surface area contributed by atoms with E-state index in [1.165, 1.54) is 71.4 Å². The number of nitrogen functional groups attached to an aromatic ring is 1. The summed E-state index contributed by atoms with van der Waals surface area (Å²) in [7, 11) is 0.714. The van der Waals surface area contributed by atoms with E-state index in [1.807, 2.05) is 24.0 Å². The number of nitrogens with one attached hydrogen (secondary N) is 2. The number of nitrogens with two attached hydrogens (primary N) is 1. The van der Waals surface area contributed by atoms with Crippen LogP contribution >= 0.6 is 51.1 Å². The standard InChI is InChI=1S/C22H19F2N3O3S.C20H14ClF2N3O3.C13H9F2N3O3S.C13H9F2N3OS.C10H13NO.CH3Br/c1-29-13-8-7-12(17(9-13)30-2)10-27-11-16-19(22(27)28)21(31-3)26-20(25-16)18-14(23)5-4-6-15(18)24;1-29-11-6-5-10(15(27)7-11)8-26-9-14-17(20(26)28)18(21)25-19(24-14)16-12(22)3-2-4-13(16)23;1-22(20,21)13-10-8(5-16-12(10)19)17-11(18-13)9-6(14)3-2-4-7(9)15;1-20-13-10-8(5-16-12(10)19)17-11(18-13)9-6(14)3-2-4-7(9)15;1-10(6-12-7-10)8-2-4-9(11)5-3-8;1-2/h4-9H,10-11H2,1-3H3;2-7,27H,8-9H2,1H3;2-4H,5H2,1H3,(H,16,19);2-4H,5H2,1H3,(H,16,19);2-5H,6-7,11H2,1H3;1H3. The van der Waals surface area contributed by atoms with Crippen LogP contribution in [0.3, 0.4) is 0 Å². The van der Waals surface area contributed by atoms with Crippen LogP contribution < -0.4 is 30.6 Å². The number of methoxy groups -OCH3 is 3. The normalized spacial score (nSPS) is 13.7. The van der Waals surface area contributed by atoms with Gasteiger partial charge in [0, 0.05) is 40.6 Å². The van der Waals surface area contributed by atoms with Crippen molar-refractivity contribution in [3.05, 3.63) is 247 Å². The first kappa shape index (κ1) is 85.4. The van der Waals surface area contributed by atoms with Crippen LogP contribution in [0, 0.1) is 46.5 Å². The van der Waals surface area contributed by atoms with Crippen LogP contribution in [-0.4, -0.2) is 146 Å². The predicted octanol–water partition coefficient (Wildman–Crippen LogP) is 14.3. The number of hydrogen-bond acceptors (Lipinski definition) is 22. The van der Waals surface area contributed by atoms with Crippen molar-refractivity contribution in [1.29, 1.82) is 0 Å². The topological polar surface area (TPSA) is 319 Å². The van der Waals surface area contributed by atoms with E-state index < -0.39 is 90.2 Å². The van der Waals surface area contributed by atoms with Gasteiger partial charge in [0.05, 0.1) is 130 Å². The van der Waals surface area contributed by atoms with Crippen LogP contribution in [0.2, 0.25) is 5.15 Å². The maximum atomic E-state index is 14.3. The lowest BCUT2D eigenvalue weighted by Gasteiger charge is -2.38. The Bertz CT molecular complexity index is 5720. The first-order valence-corrected chi connectivity index (χ1v) is 40.6. The Morgan fingerprint density at radius 1 is 0.517 bits per heavy atom. The van der Waals surface area contributed by atoms with Crippen LogP contribution in [0.25, 0.3) is 45.6 Å². The number of aromatic hydroxyl groups is 1. The van der Waals surface area contributed by atoms with Crippen LogP contribution in [0.1, 0.15) is 87.8 Å². The fourth-order valence-electron chi connectivity index (χ4n) is 12.4. The number of carbonyl (C=O) groups excluding carboxylic acids is 4. The molecule has 0 atom stereocenters. The molecule has 9 heterocycles. The minimum Gasteiger partial charge on any atom is -0.507 e. The highest BCUT2D eigenvalue weighted by Crippen LogP contribution is 2.39. The van der Waals surface area contributed by atoms with Gasteiger partial charge in [-0.3, -0.25) is 19.2 Å². The Labute approximate surface area is 680 Å². The molecule has 5 aliphatic rings. The molecule has 0 saturated carbocycles. The van der Waals surface area contributed by atoms with Crippen molar-refractivity contribution in [1.82, 2.24) is 60.3 Å². The Hall–Kier alpha value is -11.4. The Morgan fingerprint density at radius 2 is 0.905 bits per heavy atom. The monoisotopic (exact) mass is 1740 g/mol. The van der Waals surface area contributed by atoms with Gasteiger partial charge in [-0.2, -0.15) is 0 Å². The van der Waals surface area contributed by atoms with E-state index in [2.05, 4.69) is 85.5 Å². The van der Waals surface area contributed by atoms with Crippen molar-refractivity contribution >= 4 is 90.2 Å². The molecule has 0 aliphatic carbocycles. The number of phenols is 1. The Kier molecular flexibility index (Phi) is 26.9. The minimum absolute atomic E-state index is 0.0255. The number of ether oxygens (including phenoxy) is 4. The summed E-state index contributed by atoms with van der Waals surface area (Å²) in [5.74, 6) is -5.27. The van der Waals surface area contributed by atoms with Gasteiger partial charge in [0.25, 0.3) is 23.6 Å². The largest absolute Gasteiger partial charge is 0.507 e.